The zero-order valence-corrected chi connectivity index (χ0v) is 18.7. The van der Waals surface area contributed by atoms with Crippen LogP contribution in [0.3, 0.4) is 0 Å². The number of nitrogens with one attached hydrogen (secondary N) is 1. The molecule has 2 aromatic rings. The summed E-state index contributed by atoms with van der Waals surface area (Å²) >= 11 is 5.98. The number of carbonyl (C=O) groups is 2. The summed E-state index contributed by atoms with van der Waals surface area (Å²) in [7, 11) is 0.816. The minimum absolute atomic E-state index is 0.0105. The molecule has 0 saturated carbocycles. The Hall–Kier alpha value is -3.24. The van der Waals surface area contributed by atoms with Crippen LogP contribution in [0.4, 0.5) is 5.69 Å². The summed E-state index contributed by atoms with van der Waals surface area (Å²) in [5.74, 6) is -1.26. The quantitative estimate of drug-likeness (QED) is 0.463. The third-order valence-corrected chi connectivity index (χ3v) is 5.71. The summed E-state index contributed by atoms with van der Waals surface area (Å²) in [6.07, 6.45) is 2.50. The van der Waals surface area contributed by atoms with Crippen molar-refractivity contribution in [2.45, 2.75) is 4.90 Å². The molecule has 31 heavy (non-hydrogen) atoms. The Morgan fingerprint density at radius 3 is 2.29 bits per heavy atom. The predicted octanol–water partition coefficient (Wildman–Crippen LogP) is 3.13. The molecular formula is C20H20ClNO8S. The highest BCUT2D eigenvalue weighted by atomic mass is 35.5. The Bertz CT molecular complexity index is 1130. The first-order valence-corrected chi connectivity index (χ1v) is 10.5. The highest BCUT2D eigenvalue weighted by molar-refractivity contribution is 7.92. The van der Waals surface area contributed by atoms with Crippen LogP contribution < -0.4 is 14.2 Å². The molecule has 0 unspecified atom stereocenters. The predicted molar refractivity (Wildman–Crippen MR) is 114 cm³/mol. The summed E-state index contributed by atoms with van der Waals surface area (Å²) in [6.45, 7) is 0. The van der Waals surface area contributed by atoms with E-state index in [9.17, 15) is 18.0 Å². The fraction of sp³-hybridized carbons (Fsp3) is 0.200. The van der Waals surface area contributed by atoms with Crippen molar-refractivity contribution in [1.29, 1.82) is 0 Å². The normalized spacial score (nSPS) is 11.1. The molecule has 0 aliphatic heterocycles. The molecule has 0 radical (unpaired) electrons. The van der Waals surface area contributed by atoms with Gasteiger partial charge in [-0.25, -0.2) is 18.0 Å². The lowest BCUT2D eigenvalue weighted by atomic mass is 10.2. The second-order valence-corrected chi connectivity index (χ2v) is 7.96. The summed E-state index contributed by atoms with van der Waals surface area (Å²) in [5.41, 5.74) is 0.403. The lowest BCUT2D eigenvalue weighted by Crippen LogP contribution is -2.15. The maximum Gasteiger partial charge on any atom is 0.339 e. The van der Waals surface area contributed by atoms with Crippen molar-refractivity contribution in [3.63, 3.8) is 0 Å². The van der Waals surface area contributed by atoms with Gasteiger partial charge < -0.3 is 18.9 Å². The number of methoxy groups -OCH3 is 4. The van der Waals surface area contributed by atoms with E-state index >= 15 is 0 Å². The van der Waals surface area contributed by atoms with E-state index in [4.69, 9.17) is 21.1 Å². The maximum absolute atomic E-state index is 13.1. The molecule has 0 heterocycles. The highest BCUT2D eigenvalue weighted by Gasteiger charge is 2.25. The van der Waals surface area contributed by atoms with Gasteiger partial charge in [0.2, 0.25) is 0 Å². The molecule has 9 nitrogen and oxygen atoms in total. The molecule has 2 aromatic carbocycles. The summed E-state index contributed by atoms with van der Waals surface area (Å²) in [5, 5.41) is 0.101. The second-order valence-electron chi connectivity index (χ2n) is 5.90. The first-order valence-electron chi connectivity index (χ1n) is 8.59. The van der Waals surface area contributed by atoms with Gasteiger partial charge in [0, 0.05) is 11.8 Å². The van der Waals surface area contributed by atoms with Crippen molar-refractivity contribution in [2.75, 3.05) is 33.2 Å². The zero-order chi connectivity index (χ0) is 23.2. The zero-order valence-electron chi connectivity index (χ0n) is 17.1. The van der Waals surface area contributed by atoms with Gasteiger partial charge >= 0.3 is 11.9 Å². The number of ether oxygens (including phenoxy) is 4. The van der Waals surface area contributed by atoms with Gasteiger partial charge in [0.1, 0.15) is 4.90 Å². The average molecular weight is 470 g/mol. The van der Waals surface area contributed by atoms with E-state index in [0.29, 0.717) is 5.56 Å². The summed E-state index contributed by atoms with van der Waals surface area (Å²) < 4.78 is 48.3. The first kappa shape index (κ1) is 24.0. The van der Waals surface area contributed by atoms with E-state index in [1.807, 2.05) is 0 Å². The van der Waals surface area contributed by atoms with Crippen molar-refractivity contribution >= 4 is 45.3 Å². The number of sulfonamides is 1. The van der Waals surface area contributed by atoms with Crippen LogP contribution in [-0.2, 0) is 24.3 Å². The molecule has 0 saturated heterocycles. The van der Waals surface area contributed by atoms with E-state index in [0.717, 1.165) is 6.08 Å². The monoisotopic (exact) mass is 469 g/mol. The molecule has 0 amide bonds. The van der Waals surface area contributed by atoms with Crippen LogP contribution in [0.15, 0.2) is 41.3 Å². The van der Waals surface area contributed by atoms with Gasteiger partial charge in [-0.05, 0) is 42.0 Å². The van der Waals surface area contributed by atoms with E-state index in [-0.39, 0.29) is 32.7 Å². The number of esters is 2. The van der Waals surface area contributed by atoms with Crippen molar-refractivity contribution in [2.24, 2.45) is 0 Å². The molecule has 0 aromatic heterocycles. The van der Waals surface area contributed by atoms with Gasteiger partial charge in [-0.3, -0.25) is 4.72 Å². The number of hydrogen-bond acceptors (Lipinski definition) is 8. The molecule has 0 aliphatic rings. The van der Waals surface area contributed by atoms with E-state index < -0.39 is 22.0 Å². The Morgan fingerprint density at radius 2 is 1.71 bits per heavy atom. The molecule has 0 bridgehead atoms. The Kier molecular flexibility index (Phi) is 7.89. The molecule has 2 rings (SSSR count). The van der Waals surface area contributed by atoms with Gasteiger partial charge in [-0.15, -0.1) is 0 Å². The topological polar surface area (TPSA) is 117 Å². The number of carbonyl (C=O) groups excluding carboxylic acids is 2. The highest BCUT2D eigenvalue weighted by Crippen LogP contribution is 2.37. The van der Waals surface area contributed by atoms with E-state index in [1.165, 1.54) is 64.8 Å². The number of hydrogen-bond donors (Lipinski definition) is 1. The third-order valence-electron chi connectivity index (χ3n) is 3.99. The lowest BCUT2D eigenvalue weighted by Gasteiger charge is -2.16. The summed E-state index contributed by atoms with van der Waals surface area (Å²) in [4.78, 5) is 23.0. The molecule has 0 aliphatic carbocycles. The van der Waals surface area contributed by atoms with E-state index in [2.05, 4.69) is 14.2 Å². The minimum Gasteiger partial charge on any atom is -0.493 e. The number of benzene rings is 2. The van der Waals surface area contributed by atoms with Crippen molar-refractivity contribution in [3.8, 4) is 11.5 Å². The smallest absolute Gasteiger partial charge is 0.339 e. The van der Waals surface area contributed by atoms with Crippen molar-refractivity contribution in [3.05, 3.63) is 52.6 Å². The Balaban J connectivity index is 2.55. The van der Waals surface area contributed by atoms with Crippen molar-refractivity contribution in [1.82, 2.24) is 0 Å². The molecular weight excluding hydrogens is 450 g/mol. The fourth-order valence-electron chi connectivity index (χ4n) is 2.54. The van der Waals surface area contributed by atoms with Crippen LogP contribution >= 0.6 is 11.6 Å². The number of rotatable bonds is 8. The van der Waals surface area contributed by atoms with Crippen LogP contribution in [-0.4, -0.2) is 48.8 Å². The average Bonchev–Trinajstić information content (AvgIpc) is 2.77. The van der Waals surface area contributed by atoms with Crippen LogP contribution in [0.25, 0.3) is 6.08 Å². The van der Waals surface area contributed by atoms with Crippen LogP contribution in [0, 0.1) is 0 Å². The molecule has 11 heteroatoms. The van der Waals surface area contributed by atoms with Gasteiger partial charge in [-0.1, -0.05) is 11.6 Å². The standard InChI is InChI=1S/C20H20ClNO8S/c1-27-16-9-12(5-8-18(23)28-2)10-17(19(16)29-3)31(25,26)22-13-6-7-15(21)14(11-13)20(24)30-4/h5-11,22H,1-4H3/b8-5+. The van der Waals surface area contributed by atoms with Gasteiger partial charge in [0.05, 0.1) is 39.0 Å². The Morgan fingerprint density at radius 1 is 1.00 bits per heavy atom. The van der Waals surface area contributed by atoms with Gasteiger partial charge in [-0.2, -0.15) is 0 Å². The largest absolute Gasteiger partial charge is 0.493 e. The fourth-order valence-corrected chi connectivity index (χ4v) is 4.00. The van der Waals surface area contributed by atoms with E-state index in [1.54, 1.807) is 0 Å². The SMILES string of the molecule is COC(=O)/C=C/c1cc(OC)c(OC)c(S(=O)(=O)Nc2ccc(Cl)c(C(=O)OC)c2)c1. The molecule has 1 N–H and O–H groups in total. The molecule has 0 atom stereocenters. The lowest BCUT2D eigenvalue weighted by molar-refractivity contribution is -0.134. The van der Waals surface area contributed by atoms with Crippen LogP contribution in [0.5, 0.6) is 11.5 Å². The molecule has 0 fully saturated rings. The first-order chi connectivity index (χ1) is 14.7. The van der Waals surface area contributed by atoms with Crippen LogP contribution in [0.1, 0.15) is 15.9 Å². The second kappa shape index (κ2) is 10.2. The van der Waals surface area contributed by atoms with Gasteiger partial charge in [0.25, 0.3) is 10.0 Å². The van der Waals surface area contributed by atoms with Crippen molar-refractivity contribution < 1.29 is 37.0 Å². The number of anilines is 1. The van der Waals surface area contributed by atoms with Crippen LogP contribution in [0.2, 0.25) is 5.02 Å². The summed E-state index contributed by atoms with van der Waals surface area (Å²) in [6, 6.07) is 6.78. The Labute approximate surface area is 184 Å². The molecule has 0 spiro atoms. The maximum atomic E-state index is 13.1. The van der Waals surface area contributed by atoms with Gasteiger partial charge in [0.15, 0.2) is 11.5 Å². The minimum atomic E-state index is -4.22. The third kappa shape index (κ3) is 5.68. The molecule has 166 valence electrons. The number of halogens is 1.